The number of carboxylic acid groups (broad SMARTS) is 1. The van der Waals surface area contributed by atoms with Gasteiger partial charge in [-0.3, -0.25) is 9.59 Å². The van der Waals surface area contributed by atoms with Crippen molar-refractivity contribution in [2.24, 2.45) is 0 Å². The lowest BCUT2D eigenvalue weighted by Gasteiger charge is -2.34. The summed E-state index contributed by atoms with van der Waals surface area (Å²) in [4.78, 5) is 24.9. The van der Waals surface area contributed by atoms with Crippen LogP contribution >= 0.6 is 0 Å². The standard InChI is InChI=1S/C33H41NO5/c1-8-28(31(37)21(4)5)39-29-16-15-26(17-22(29)6)33(9-2,10-3)27-14-13-23-18-25(12-11-24(23)19-27)32(38)34(7)20-30(35)36/h11-19,28,37H,8-10,20H2,1-7H3,(H,35,36). The van der Waals surface area contributed by atoms with Gasteiger partial charge in [-0.1, -0.05) is 57.2 Å². The Hall–Kier alpha value is -3.80. The average Bonchev–Trinajstić information content (AvgIpc) is 2.92. The minimum atomic E-state index is -1.04. The van der Waals surface area contributed by atoms with Gasteiger partial charge in [0.25, 0.3) is 5.91 Å². The molecule has 0 aliphatic heterocycles. The van der Waals surface area contributed by atoms with Crippen LogP contribution in [-0.2, 0) is 10.2 Å². The minimum absolute atomic E-state index is 0.208. The minimum Gasteiger partial charge on any atom is -0.508 e. The Morgan fingerprint density at radius 2 is 1.49 bits per heavy atom. The summed E-state index contributed by atoms with van der Waals surface area (Å²) in [6.45, 7) is 11.9. The summed E-state index contributed by atoms with van der Waals surface area (Å²) >= 11 is 0. The fraction of sp³-hybridized carbons (Fsp3) is 0.394. The molecule has 3 aromatic carbocycles. The Morgan fingerprint density at radius 3 is 2.05 bits per heavy atom. The van der Waals surface area contributed by atoms with Crippen molar-refractivity contribution in [1.29, 1.82) is 0 Å². The number of hydrogen-bond donors (Lipinski definition) is 2. The summed E-state index contributed by atoms with van der Waals surface area (Å²) in [6.07, 6.45) is 2.11. The van der Waals surface area contributed by atoms with Crippen molar-refractivity contribution in [3.63, 3.8) is 0 Å². The van der Waals surface area contributed by atoms with Gasteiger partial charge in [0, 0.05) is 18.0 Å². The van der Waals surface area contributed by atoms with Gasteiger partial charge in [0.1, 0.15) is 18.1 Å². The second kappa shape index (κ2) is 12.4. The van der Waals surface area contributed by atoms with Crippen molar-refractivity contribution in [2.75, 3.05) is 13.6 Å². The maximum Gasteiger partial charge on any atom is 0.323 e. The molecule has 208 valence electrons. The number of carboxylic acids is 1. The number of nitrogens with zero attached hydrogens (tertiary/aromatic N) is 1. The van der Waals surface area contributed by atoms with E-state index in [-0.39, 0.29) is 29.7 Å². The zero-order chi connectivity index (χ0) is 28.9. The molecule has 1 amide bonds. The molecular weight excluding hydrogens is 490 g/mol. The molecule has 0 aromatic heterocycles. The summed E-state index contributed by atoms with van der Waals surface area (Å²) in [5.74, 6) is -0.311. The number of likely N-dealkylation sites (N-methyl/N-ethyl adjacent to an activating group) is 1. The predicted molar refractivity (Wildman–Crippen MR) is 157 cm³/mol. The molecule has 3 aromatic rings. The largest absolute Gasteiger partial charge is 0.508 e. The first kappa shape index (κ1) is 29.8. The quantitative estimate of drug-likeness (QED) is 0.251. The van der Waals surface area contributed by atoms with Gasteiger partial charge in [-0.15, -0.1) is 0 Å². The number of amides is 1. The summed E-state index contributed by atoms with van der Waals surface area (Å²) in [5.41, 5.74) is 4.54. The molecule has 2 N–H and O–H groups in total. The average molecular weight is 532 g/mol. The Bertz CT molecular complexity index is 1380. The normalized spacial score (nSPS) is 12.2. The fourth-order valence-corrected chi connectivity index (χ4v) is 5.29. The molecule has 0 heterocycles. The van der Waals surface area contributed by atoms with Gasteiger partial charge in [-0.2, -0.15) is 0 Å². The number of aryl methyl sites for hydroxylation is 1. The number of aliphatic hydroxyl groups excluding tert-OH is 1. The molecule has 0 radical (unpaired) electrons. The highest BCUT2D eigenvalue weighted by atomic mass is 16.5. The fourth-order valence-electron chi connectivity index (χ4n) is 5.29. The molecule has 1 unspecified atom stereocenters. The van der Waals surface area contributed by atoms with E-state index in [0.29, 0.717) is 12.0 Å². The van der Waals surface area contributed by atoms with Gasteiger partial charge in [0.05, 0.1) is 0 Å². The van der Waals surface area contributed by atoms with Crippen molar-refractivity contribution in [1.82, 2.24) is 4.90 Å². The molecule has 0 fully saturated rings. The number of carbonyl (C=O) groups excluding carboxylic acids is 1. The first-order valence-electron chi connectivity index (χ1n) is 13.6. The molecule has 0 bridgehead atoms. The molecular formula is C33H41NO5. The SMILES string of the molecule is CCC(Oc1ccc(C(CC)(CC)c2ccc3cc(C(=O)N(C)CC(=O)O)ccc3c2)cc1C)C(O)=C(C)C. The van der Waals surface area contributed by atoms with Crippen LogP contribution < -0.4 is 4.74 Å². The highest BCUT2D eigenvalue weighted by molar-refractivity contribution is 5.99. The first-order chi connectivity index (χ1) is 18.5. The van der Waals surface area contributed by atoms with E-state index in [9.17, 15) is 14.7 Å². The maximum atomic E-state index is 12.7. The van der Waals surface area contributed by atoms with E-state index < -0.39 is 5.97 Å². The molecule has 0 saturated heterocycles. The number of ether oxygens (including phenoxy) is 1. The van der Waals surface area contributed by atoms with Crippen molar-refractivity contribution in [3.05, 3.63) is 88.2 Å². The number of hydrogen-bond acceptors (Lipinski definition) is 4. The van der Waals surface area contributed by atoms with Gasteiger partial charge in [0.15, 0.2) is 6.10 Å². The highest BCUT2D eigenvalue weighted by Crippen LogP contribution is 2.41. The van der Waals surface area contributed by atoms with E-state index in [4.69, 9.17) is 9.84 Å². The zero-order valence-electron chi connectivity index (χ0n) is 24.2. The number of allylic oxidation sites excluding steroid dienone is 1. The summed E-state index contributed by atoms with van der Waals surface area (Å²) in [5, 5.41) is 21.4. The molecule has 0 saturated carbocycles. The van der Waals surface area contributed by atoms with Crippen LogP contribution in [0.15, 0.2) is 65.9 Å². The lowest BCUT2D eigenvalue weighted by Crippen LogP contribution is -2.31. The monoisotopic (exact) mass is 531 g/mol. The van der Waals surface area contributed by atoms with Crippen LogP contribution in [0.25, 0.3) is 10.8 Å². The zero-order valence-corrected chi connectivity index (χ0v) is 24.2. The Morgan fingerprint density at radius 1 is 0.897 bits per heavy atom. The van der Waals surface area contributed by atoms with Gasteiger partial charge in [-0.05, 0) is 91.3 Å². The third-order valence-electron chi connectivity index (χ3n) is 7.75. The Labute approximate surface area is 231 Å². The maximum absolute atomic E-state index is 12.7. The number of aliphatic carboxylic acids is 1. The molecule has 3 rings (SSSR count). The van der Waals surface area contributed by atoms with Crippen LogP contribution in [-0.4, -0.2) is 46.7 Å². The summed E-state index contributed by atoms with van der Waals surface area (Å²) < 4.78 is 6.21. The highest BCUT2D eigenvalue weighted by Gasteiger charge is 2.31. The number of carbonyl (C=O) groups is 2. The molecule has 0 aliphatic carbocycles. The molecule has 0 aliphatic rings. The lowest BCUT2D eigenvalue weighted by atomic mass is 9.70. The van der Waals surface area contributed by atoms with E-state index in [1.807, 2.05) is 52.0 Å². The second-order valence-corrected chi connectivity index (χ2v) is 10.5. The van der Waals surface area contributed by atoms with Crippen LogP contribution in [0.4, 0.5) is 0 Å². The second-order valence-electron chi connectivity index (χ2n) is 10.5. The summed E-state index contributed by atoms with van der Waals surface area (Å²) in [7, 11) is 1.49. The Kier molecular flexibility index (Phi) is 9.44. The van der Waals surface area contributed by atoms with Crippen molar-refractivity contribution in [2.45, 2.75) is 72.3 Å². The van der Waals surface area contributed by atoms with E-state index in [1.54, 1.807) is 6.07 Å². The Balaban J connectivity index is 1.98. The van der Waals surface area contributed by atoms with Gasteiger partial charge in [-0.25, -0.2) is 0 Å². The number of aliphatic hydroxyl groups is 1. The van der Waals surface area contributed by atoms with E-state index in [2.05, 4.69) is 38.1 Å². The van der Waals surface area contributed by atoms with E-state index in [1.165, 1.54) is 23.1 Å². The van der Waals surface area contributed by atoms with Crippen LogP contribution in [0.2, 0.25) is 0 Å². The van der Waals surface area contributed by atoms with Crippen molar-refractivity contribution in [3.8, 4) is 5.75 Å². The van der Waals surface area contributed by atoms with Gasteiger partial charge < -0.3 is 19.8 Å². The van der Waals surface area contributed by atoms with Crippen molar-refractivity contribution < 1.29 is 24.5 Å². The molecule has 39 heavy (non-hydrogen) atoms. The topological polar surface area (TPSA) is 87.1 Å². The third kappa shape index (κ3) is 6.27. The van der Waals surface area contributed by atoms with Crippen LogP contribution in [0, 0.1) is 6.92 Å². The van der Waals surface area contributed by atoms with Crippen LogP contribution in [0.3, 0.4) is 0 Å². The number of fused-ring (bicyclic) bond motifs is 1. The molecule has 6 heteroatoms. The van der Waals surface area contributed by atoms with E-state index >= 15 is 0 Å². The molecule has 1 atom stereocenters. The van der Waals surface area contributed by atoms with Crippen LogP contribution in [0.1, 0.15) is 80.9 Å². The van der Waals surface area contributed by atoms with E-state index in [0.717, 1.165) is 40.5 Å². The first-order valence-corrected chi connectivity index (χ1v) is 13.6. The smallest absolute Gasteiger partial charge is 0.323 e. The van der Waals surface area contributed by atoms with Crippen LogP contribution in [0.5, 0.6) is 5.75 Å². The van der Waals surface area contributed by atoms with Gasteiger partial charge >= 0.3 is 5.97 Å². The van der Waals surface area contributed by atoms with Gasteiger partial charge in [0.2, 0.25) is 0 Å². The number of rotatable bonds is 11. The summed E-state index contributed by atoms with van der Waals surface area (Å²) in [6, 6.07) is 18.2. The molecule has 0 spiro atoms. The van der Waals surface area contributed by atoms with Crippen molar-refractivity contribution >= 4 is 22.6 Å². The number of benzene rings is 3. The predicted octanol–water partition coefficient (Wildman–Crippen LogP) is 7.42. The molecule has 6 nitrogen and oxygen atoms in total. The lowest BCUT2D eigenvalue weighted by molar-refractivity contribution is -0.137. The third-order valence-corrected chi connectivity index (χ3v) is 7.75.